The van der Waals surface area contributed by atoms with Crippen LogP contribution in [0, 0.1) is 0 Å². The molecule has 1 aliphatic carbocycles. The van der Waals surface area contributed by atoms with E-state index in [9.17, 15) is 0 Å². The monoisotopic (exact) mass is 603 g/mol. The van der Waals surface area contributed by atoms with Gasteiger partial charge < -0.3 is 4.57 Å². The number of aromatic nitrogens is 3. The Balaban J connectivity index is 1.07. The largest absolute Gasteiger partial charge is 0.309 e. The van der Waals surface area contributed by atoms with E-state index in [1.165, 1.54) is 49.6 Å². The number of fused-ring (bicyclic) bond motifs is 6. The zero-order chi connectivity index (χ0) is 31.3. The van der Waals surface area contributed by atoms with Gasteiger partial charge in [0.1, 0.15) is 6.33 Å². The summed E-state index contributed by atoms with van der Waals surface area (Å²) < 4.78 is 2.35. The van der Waals surface area contributed by atoms with Gasteiger partial charge in [0.15, 0.2) is 0 Å². The summed E-state index contributed by atoms with van der Waals surface area (Å²) in [5.74, 6) is 0.745. The molecule has 0 saturated carbocycles. The maximum absolute atomic E-state index is 4.75. The Kier molecular flexibility index (Phi) is 6.57. The van der Waals surface area contributed by atoms with Crippen molar-refractivity contribution in [3.8, 4) is 39.3 Å². The van der Waals surface area contributed by atoms with Crippen molar-refractivity contribution >= 4 is 21.8 Å². The molecule has 2 aromatic heterocycles. The summed E-state index contributed by atoms with van der Waals surface area (Å²) in [6, 6.07) is 54.8. The fraction of sp³-hybridized carbons (Fsp3) is 0.0909. The highest BCUT2D eigenvalue weighted by atomic mass is 15.0. The molecule has 0 bridgehead atoms. The van der Waals surface area contributed by atoms with Gasteiger partial charge in [-0.1, -0.05) is 122 Å². The van der Waals surface area contributed by atoms with Crippen LogP contribution >= 0.6 is 0 Å². The van der Waals surface area contributed by atoms with E-state index in [-0.39, 0.29) is 0 Å². The Morgan fingerprint density at radius 3 is 1.96 bits per heavy atom. The van der Waals surface area contributed by atoms with Crippen molar-refractivity contribution in [2.75, 3.05) is 0 Å². The highest BCUT2D eigenvalue weighted by Gasteiger charge is 2.29. The first-order chi connectivity index (χ1) is 23.2. The second-order valence-corrected chi connectivity index (χ2v) is 12.7. The van der Waals surface area contributed by atoms with E-state index < -0.39 is 0 Å². The van der Waals surface area contributed by atoms with Crippen molar-refractivity contribution in [2.24, 2.45) is 0 Å². The summed E-state index contributed by atoms with van der Waals surface area (Å²) in [6.07, 6.45) is 2.74. The smallest absolute Gasteiger partial charge is 0.116 e. The Labute approximate surface area is 274 Å². The van der Waals surface area contributed by atoms with Gasteiger partial charge in [-0.3, -0.25) is 0 Å². The number of hydrogen-bond acceptors (Lipinski definition) is 2. The number of hydrogen-bond donors (Lipinski definition) is 0. The Hall–Kier alpha value is -5.80. The van der Waals surface area contributed by atoms with Gasteiger partial charge in [-0.05, 0) is 82.5 Å². The lowest BCUT2D eigenvalue weighted by atomic mass is 9.71. The molecule has 2 heterocycles. The van der Waals surface area contributed by atoms with Crippen LogP contribution in [0.25, 0.3) is 61.1 Å². The first kappa shape index (κ1) is 27.5. The molecule has 0 fully saturated rings. The third kappa shape index (κ3) is 4.66. The summed E-state index contributed by atoms with van der Waals surface area (Å²) in [6.45, 7) is 2.38. The molecule has 0 radical (unpaired) electrons. The lowest BCUT2D eigenvalue weighted by Crippen LogP contribution is -2.17. The van der Waals surface area contributed by atoms with Crippen molar-refractivity contribution in [3.05, 3.63) is 175 Å². The van der Waals surface area contributed by atoms with Gasteiger partial charge in [0, 0.05) is 27.6 Å². The van der Waals surface area contributed by atoms with Crippen LogP contribution in [0.1, 0.15) is 35.4 Å². The normalized spacial score (nSPS) is 14.5. The molecule has 3 heteroatoms. The van der Waals surface area contributed by atoms with Crippen LogP contribution in [0.2, 0.25) is 0 Å². The third-order valence-electron chi connectivity index (χ3n) is 10.1. The van der Waals surface area contributed by atoms with Crippen LogP contribution < -0.4 is 0 Å². The van der Waals surface area contributed by atoms with E-state index in [1.807, 2.05) is 0 Å². The van der Waals surface area contributed by atoms with Crippen LogP contribution in [0.15, 0.2) is 158 Å². The Bertz CT molecular complexity index is 2380. The molecule has 2 atom stereocenters. The summed E-state index contributed by atoms with van der Waals surface area (Å²) >= 11 is 0. The molecule has 9 rings (SSSR count). The minimum atomic E-state index is 0.341. The molecule has 0 spiro atoms. The summed E-state index contributed by atoms with van der Waals surface area (Å²) in [5, 5.41) is 2.51. The molecule has 0 N–H and O–H groups in total. The first-order valence-corrected chi connectivity index (χ1v) is 16.4. The first-order valence-electron chi connectivity index (χ1n) is 16.4. The quantitative estimate of drug-likeness (QED) is 0.196. The Morgan fingerprint density at radius 1 is 0.574 bits per heavy atom. The molecule has 6 aromatic carbocycles. The van der Waals surface area contributed by atoms with Gasteiger partial charge in [0.05, 0.1) is 22.4 Å². The van der Waals surface area contributed by atoms with Gasteiger partial charge in [0.25, 0.3) is 0 Å². The number of benzene rings is 6. The van der Waals surface area contributed by atoms with Crippen LogP contribution in [0.4, 0.5) is 0 Å². The maximum Gasteiger partial charge on any atom is 0.116 e. The predicted molar refractivity (Wildman–Crippen MR) is 194 cm³/mol. The van der Waals surface area contributed by atoms with Crippen molar-refractivity contribution in [1.29, 1.82) is 0 Å². The molecule has 8 aromatic rings. The SMILES string of the molecule is CC(c1cccc(-c2cc(-c3cccc(-n4c5ccccc5c5ccccc54)c3)ncn2)c1)C1Cc2ccccc2-c2ccccc21. The zero-order valence-corrected chi connectivity index (χ0v) is 26.2. The second-order valence-electron chi connectivity index (χ2n) is 12.7. The average molecular weight is 604 g/mol. The topological polar surface area (TPSA) is 30.7 Å². The van der Waals surface area contributed by atoms with Gasteiger partial charge in [-0.2, -0.15) is 0 Å². The van der Waals surface area contributed by atoms with Gasteiger partial charge in [-0.25, -0.2) is 9.97 Å². The third-order valence-corrected chi connectivity index (χ3v) is 10.1. The summed E-state index contributed by atoms with van der Waals surface area (Å²) in [4.78, 5) is 9.49. The minimum absolute atomic E-state index is 0.341. The molecule has 2 unspecified atom stereocenters. The number of para-hydroxylation sites is 2. The lowest BCUT2D eigenvalue weighted by molar-refractivity contribution is 0.568. The van der Waals surface area contributed by atoms with Gasteiger partial charge in [0.2, 0.25) is 0 Å². The second kappa shape index (κ2) is 11.2. The number of rotatable bonds is 5. The standard InChI is InChI=1S/C44H33N3/c1-29(40-26-31-12-2-3-17-35(31)36-18-4-5-19-37(36)40)30-13-10-14-32(24-30)41-27-42(46-28-45-41)33-15-11-16-34(25-33)47-43-22-8-6-20-38(43)39-21-7-9-23-44(39)47/h2-25,27-29,40H,26H2,1H3. The number of nitrogens with zero attached hydrogens (tertiary/aromatic N) is 3. The van der Waals surface area contributed by atoms with E-state index in [4.69, 9.17) is 9.97 Å². The van der Waals surface area contributed by atoms with Crippen molar-refractivity contribution in [3.63, 3.8) is 0 Å². The zero-order valence-electron chi connectivity index (χ0n) is 26.2. The van der Waals surface area contributed by atoms with Crippen LogP contribution in [0.3, 0.4) is 0 Å². The molecule has 3 nitrogen and oxygen atoms in total. The highest BCUT2D eigenvalue weighted by Crippen LogP contribution is 2.46. The average Bonchev–Trinajstić information content (AvgIpc) is 3.49. The maximum atomic E-state index is 4.75. The van der Waals surface area contributed by atoms with E-state index in [1.54, 1.807) is 6.33 Å². The predicted octanol–water partition coefficient (Wildman–Crippen LogP) is 11.0. The lowest BCUT2D eigenvalue weighted by Gasteiger charge is -2.32. The molecular weight excluding hydrogens is 571 g/mol. The summed E-state index contributed by atoms with van der Waals surface area (Å²) in [7, 11) is 0. The molecule has 0 aliphatic heterocycles. The molecule has 224 valence electrons. The van der Waals surface area contributed by atoms with Gasteiger partial charge >= 0.3 is 0 Å². The van der Waals surface area contributed by atoms with E-state index in [2.05, 4.69) is 163 Å². The van der Waals surface area contributed by atoms with Gasteiger partial charge in [-0.15, -0.1) is 0 Å². The molecular formula is C44H33N3. The van der Waals surface area contributed by atoms with Crippen molar-refractivity contribution < 1.29 is 0 Å². The molecule has 0 saturated heterocycles. The highest BCUT2D eigenvalue weighted by molar-refractivity contribution is 6.09. The Morgan fingerprint density at radius 2 is 1.19 bits per heavy atom. The molecule has 0 amide bonds. The summed E-state index contributed by atoms with van der Waals surface area (Å²) in [5.41, 5.74) is 14.5. The van der Waals surface area contributed by atoms with Crippen molar-refractivity contribution in [1.82, 2.24) is 14.5 Å². The van der Waals surface area contributed by atoms with Crippen LogP contribution in [-0.4, -0.2) is 14.5 Å². The van der Waals surface area contributed by atoms with Crippen molar-refractivity contribution in [2.45, 2.75) is 25.2 Å². The molecule has 1 aliphatic rings. The van der Waals surface area contributed by atoms with E-state index >= 15 is 0 Å². The van der Waals surface area contributed by atoms with E-state index in [0.717, 1.165) is 34.6 Å². The minimum Gasteiger partial charge on any atom is -0.309 e. The van der Waals surface area contributed by atoms with E-state index in [0.29, 0.717) is 11.8 Å². The van der Waals surface area contributed by atoms with Crippen LogP contribution in [0.5, 0.6) is 0 Å². The fourth-order valence-corrected chi connectivity index (χ4v) is 7.71. The van der Waals surface area contributed by atoms with Crippen LogP contribution in [-0.2, 0) is 6.42 Å². The fourth-order valence-electron chi connectivity index (χ4n) is 7.71. The molecule has 47 heavy (non-hydrogen) atoms.